The van der Waals surface area contributed by atoms with Gasteiger partial charge in [0.25, 0.3) is 0 Å². The number of halogens is 2. The van der Waals surface area contributed by atoms with Crippen LogP contribution in [-0.2, 0) is 14.8 Å². The first-order chi connectivity index (χ1) is 10.7. The SMILES string of the molecule is CN(CC(=O)O)C1CCN(S(=O)(=O)c2cc(Cl)ccc2Cl)CC1. The van der Waals surface area contributed by atoms with Gasteiger partial charge in [0.15, 0.2) is 0 Å². The van der Waals surface area contributed by atoms with Crippen molar-refractivity contribution in [2.45, 2.75) is 23.8 Å². The lowest BCUT2D eigenvalue weighted by atomic mass is 10.1. The van der Waals surface area contributed by atoms with Gasteiger partial charge in [0.1, 0.15) is 4.90 Å². The Hall–Kier alpha value is -0.860. The molecule has 0 unspecified atom stereocenters. The molecule has 0 spiro atoms. The summed E-state index contributed by atoms with van der Waals surface area (Å²) in [6.45, 7) is 0.580. The van der Waals surface area contributed by atoms with Crippen molar-refractivity contribution >= 4 is 39.2 Å². The first-order valence-electron chi connectivity index (χ1n) is 7.09. The lowest BCUT2D eigenvalue weighted by molar-refractivity contribution is -0.138. The number of rotatable bonds is 5. The van der Waals surface area contributed by atoms with Crippen molar-refractivity contribution in [1.82, 2.24) is 9.21 Å². The van der Waals surface area contributed by atoms with Crippen LogP contribution in [0, 0.1) is 0 Å². The number of benzene rings is 1. The minimum atomic E-state index is -3.71. The molecule has 0 atom stereocenters. The normalized spacial score (nSPS) is 17.6. The number of carboxylic acids is 1. The van der Waals surface area contributed by atoms with E-state index in [1.807, 2.05) is 0 Å². The molecule has 1 N–H and O–H groups in total. The minimum Gasteiger partial charge on any atom is -0.480 e. The zero-order valence-electron chi connectivity index (χ0n) is 12.6. The van der Waals surface area contributed by atoms with Gasteiger partial charge < -0.3 is 5.11 Å². The molecule has 1 aliphatic heterocycles. The Bertz CT molecular complexity index is 688. The molecule has 128 valence electrons. The largest absolute Gasteiger partial charge is 0.480 e. The quantitative estimate of drug-likeness (QED) is 0.846. The summed E-state index contributed by atoms with van der Waals surface area (Å²) in [7, 11) is -1.97. The number of hydrogen-bond acceptors (Lipinski definition) is 4. The molecule has 0 amide bonds. The van der Waals surface area contributed by atoms with Gasteiger partial charge in [-0.05, 0) is 38.1 Å². The molecular weight excluding hydrogens is 363 g/mol. The maximum Gasteiger partial charge on any atom is 0.317 e. The summed E-state index contributed by atoms with van der Waals surface area (Å²) in [4.78, 5) is 12.5. The fourth-order valence-electron chi connectivity index (χ4n) is 2.68. The van der Waals surface area contributed by atoms with E-state index < -0.39 is 16.0 Å². The zero-order valence-corrected chi connectivity index (χ0v) is 14.9. The van der Waals surface area contributed by atoms with Crippen LogP contribution in [0.15, 0.2) is 23.1 Å². The van der Waals surface area contributed by atoms with E-state index in [1.165, 1.54) is 22.5 Å². The first kappa shape index (κ1) is 18.5. The third kappa shape index (κ3) is 4.36. The number of hydrogen-bond donors (Lipinski definition) is 1. The predicted molar refractivity (Wildman–Crippen MR) is 88.5 cm³/mol. The lowest BCUT2D eigenvalue weighted by Gasteiger charge is -2.35. The molecule has 2 rings (SSSR count). The van der Waals surface area contributed by atoms with Gasteiger partial charge in [-0.3, -0.25) is 9.69 Å². The van der Waals surface area contributed by atoms with Crippen LogP contribution in [0.4, 0.5) is 0 Å². The van der Waals surface area contributed by atoms with Crippen LogP contribution in [0.1, 0.15) is 12.8 Å². The summed E-state index contributed by atoms with van der Waals surface area (Å²) in [6.07, 6.45) is 1.14. The van der Waals surface area contributed by atoms with Crippen molar-refractivity contribution in [3.8, 4) is 0 Å². The van der Waals surface area contributed by atoms with E-state index in [0.717, 1.165) is 0 Å². The van der Waals surface area contributed by atoms with Crippen LogP contribution < -0.4 is 0 Å². The van der Waals surface area contributed by atoms with Crippen LogP contribution in [0.25, 0.3) is 0 Å². The molecule has 0 aliphatic carbocycles. The zero-order chi connectivity index (χ0) is 17.2. The Morgan fingerprint density at radius 3 is 2.52 bits per heavy atom. The van der Waals surface area contributed by atoms with Crippen molar-refractivity contribution in [1.29, 1.82) is 0 Å². The van der Waals surface area contributed by atoms with Gasteiger partial charge in [0.2, 0.25) is 10.0 Å². The summed E-state index contributed by atoms with van der Waals surface area (Å²) in [5.74, 6) is -0.895. The van der Waals surface area contributed by atoms with Crippen LogP contribution in [0.5, 0.6) is 0 Å². The van der Waals surface area contributed by atoms with E-state index >= 15 is 0 Å². The van der Waals surface area contributed by atoms with Crippen LogP contribution >= 0.6 is 23.2 Å². The highest BCUT2D eigenvalue weighted by molar-refractivity contribution is 7.89. The molecule has 1 aliphatic rings. The Morgan fingerprint density at radius 1 is 1.35 bits per heavy atom. The molecule has 1 saturated heterocycles. The molecule has 1 aromatic carbocycles. The molecule has 1 heterocycles. The summed E-state index contributed by atoms with van der Waals surface area (Å²) in [5, 5.41) is 9.27. The number of piperidine rings is 1. The van der Waals surface area contributed by atoms with Crippen LogP contribution in [-0.4, -0.2) is 61.4 Å². The topological polar surface area (TPSA) is 77.9 Å². The Balaban J connectivity index is 2.10. The molecule has 0 aromatic heterocycles. The van der Waals surface area contributed by atoms with E-state index in [-0.39, 0.29) is 22.5 Å². The fraction of sp³-hybridized carbons (Fsp3) is 0.500. The second-order valence-corrected chi connectivity index (χ2v) is 8.27. The summed E-state index contributed by atoms with van der Waals surface area (Å²) in [6, 6.07) is 4.40. The van der Waals surface area contributed by atoms with Gasteiger partial charge in [0.05, 0.1) is 11.6 Å². The predicted octanol–water partition coefficient (Wildman–Crippen LogP) is 2.16. The van der Waals surface area contributed by atoms with E-state index in [0.29, 0.717) is 31.0 Å². The highest BCUT2D eigenvalue weighted by Gasteiger charge is 2.32. The Morgan fingerprint density at radius 2 is 1.96 bits per heavy atom. The lowest BCUT2D eigenvalue weighted by Crippen LogP contribution is -2.46. The molecule has 23 heavy (non-hydrogen) atoms. The maximum atomic E-state index is 12.7. The number of sulfonamides is 1. The van der Waals surface area contributed by atoms with E-state index in [9.17, 15) is 13.2 Å². The number of aliphatic carboxylic acids is 1. The highest BCUT2D eigenvalue weighted by Crippen LogP contribution is 2.29. The van der Waals surface area contributed by atoms with Gasteiger partial charge in [-0.25, -0.2) is 8.42 Å². The molecule has 9 heteroatoms. The van der Waals surface area contributed by atoms with E-state index in [2.05, 4.69) is 0 Å². The third-order valence-electron chi connectivity index (χ3n) is 3.94. The standard InChI is InChI=1S/C14H18Cl2N2O4S/c1-17(9-14(19)20)11-4-6-18(7-5-11)23(21,22)13-8-10(15)2-3-12(13)16/h2-3,8,11H,4-7,9H2,1H3,(H,19,20). The number of likely N-dealkylation sites (N-methyl/N-ethyl adjacent to an activating group) is 1. The smallest absolute Gasteiger partial charge is 0.317 e. The second kappa shape index (κ2) is 7.36. The summed E-state index contributed by atoms with van der Waals surface area (Å²) >= 11 is 11.9. The van der Waals surface area contributed by atoms with Crippen molar-refractivity contribution in [3.63, 3.8) is 0 Å². The van der Waals surface area contributed by atoms with Crippen molar-refractivity contribution in [2.75, 3.05) is 26.7 Å². The molecular formula is C14H18Cl2N2O4S. The Labute approximate surface area is 145 Å². The monoisotopic (exact) mass is 380 g/mol. The Kier molecular flexibility index (Phi) is 5.91. The number of nitrogens with zero attached hydrogens (tertiary/aromatic N) is 2. The first-order valence-corrected chi connectivity index (χ1v) is 9.28. The fourth-order valence-corrected chi connectivity index (χ4v) is 4.89. The molecule has 6 nitrogen and oxygen atoms in total. The maximum absolute atomic E-state index is 12.7. The summed E-state index contributed by atoms with van der Waals surface area (Å²) < 4.78 is 26.8. The third-order valence-corrected chi connectivity index (χ3v) is 6.56. The van der Waals surface area contributed by atoms with Gasteiger partial charge in [-0.15, -0.1) is 0 Å². The van der Waals surface area contributed by atoms with Crippen molar-refractivity contribution in [2.24, 2.45) is 0 Å². The molecule has 1 fully saturated rings. The van der Waals surface area contributed by atoms with E-state index in [4.69, 9.17) is 28.3 Å². The van der Waals surface area contributed by atoms with Crippen molar-refractivity contribution in [3.05, 3.63) is 28.2 Å². The van der Waals surface area contributed by atoms with Gasteiger partial charge >= 0.3 is 5.97 Å². The van der Waals surface area contributed by atoms with Crippen LogP contribution in [0.2, 0.25) is 10.0 Å². The van der Waals surface area contributed by atoms with Gasteiger partial charge in [-0.1, -0.05) is 23.2 Å². The van der Waals surface area contributed by atoms with E-state index in [1.54, 1.807) is 11.9 Å². The average molecular weight is 381 g/mol. The minimum absolute atomic E-state index is 0.00371. The molecule has 0 radical (unpaired) electrons. The number of carboxylic acid groups (broad SMARTS) is 1. The second-order valence-electron chi connectivity index (χ2n) is 5.52. The van der Waals surface area contributed by atoms with Gasteiger partial charge in [-0.2, -0.15) is 4.31 Å². The van der Waals surface area contributed by atoms with Crippen LogP contribution in [0.3, 0.4) is 0 Å². The number of carbonyl (C=O) groups is 1. The van der Waals surface area contributed by atoms with Gasteiger partial charge in [0, 0.05) is 24.2 Å². The molecule has 0 saturated carbocycles. The summed E-state index contributed by atoms with van der Waals surface area (Å²) in [5.41, 5.74) is 0. The average Bonchev–Trinajstić information content (AvgIpc) is 2.49. The molecule has 1 aromatic rings. The van der Waals surface area contributed by atoms with Crippen molar-refractivity contribution < 1.29 is 18.3 Å². The highest BCUT2D eigenvalue weighted by atomic mass is 35.5. The molecule has 0 bridgehead atoms.